The molecule has 130 valence electrons. The van der Waals surface area contributed by atoms with Gasteiger partial charge in [-0.1, -0.05) is 0 Å². The molecule has 0 aromatic carbocycles. The lowest BCUT2D eigenvalue weighted by Crippen LogP contribution is -2.25. The van der Waals surface area contributed by atoms with Crippen LogP contribution in [0.1, 0.15) is 29.0 Å². The number of hydrogen-bond donors (Lipinski definition) is 2. The number of ether oxygens (including phenoxy) is 1. The molecule has 0 aliphatic carbocycles. The summed E-state index contributed by atoms with van der Waals surface area (Å²) in [5.41, 5.74) is 0.358. The number of furan rings is 1. The highest BCUT2D eigenvalue weighted by atomic mass is 32.1. The van der Waals surface area contributed by atoms with E-state index in [1.54, 1.807) is 17.5 Å². The zero-order valence-electron chi connectivity index (χ0n) is 13.1. The average molecular weight is 361 g/mol. The van der Waals surface area contributed by atoms with Gasteiger partial charge in [0.15, 0.2) is 12.4 Å². The molecular weight excluding hydrogens is 346 g/mol. The highest BCUT2D eigenvalue weighted by Gasteiger charge is 2.12. The Morgan fingerprint density at radius 2 is 2.16 bits per heavy atom. The van der Waals surface area contributed by atoms with Crippen LogP contribution in [-0.2, 0) is 14.3 Å². The normalized spacial score (nSPS) is 9.88. The lowest BCUT2D eigenvalue weighted by atomic mass is 10.3. The lowest BCUT2D eigenvalue weighted by molar-refractivity contribution is -0.147. The number of esters is 1. The summed E-state index contributed by atoms with van der Waals surface area (Å²) in [6, 6.07) is 6.67. The molecule has 2 N–H and O–H groups in total. The first-order valence-electron chi connectivity index (χ1n) is 7.35. The molecule has 0 atom stereocenters. The van der Waals surface area contributed by atoms with Crippen molar-refractivity contribution >= 4 is 34.1 Å². The predicted molar refractivity (Wildman–Crippen MR) is 88.9 cm³/mol. The van der Waals surface area contributed by atoms with E-state index in [2.05, 4.69) is 10.6 Å². The summed E-state index contributed by atoms with van der Waals surface area (Å²) in [6.07, 6.45) is 1.83. The summed E-state index contributed by atoms with van der Waals surface area (Å²) in [4.78, 5) is 34.8. The Morgan fingerprint density at radius 1 is 1.32 bits per heavy atom. The summed E-state index contributed by atoms with van der Waals surface area (Å²) in [5.74, 6) is -1.22. The number of nitrogens with one attached hydrogen (secondary N) is 2. The maximum Gasteiger partial charge on any atom is 0.306 e. The first-order valence-corrected chi connectivity index (χ1v) is 8.23. The summed E-state index contributed by atoms with van der Waals surface area (Å²) in [7, 11) is 0. The van der Waals surface area contributed by atoms with Gasteiger partial charge in [-0.15, -0.1) is 11.3 Å². The molecule has 0 spiro atoms. The molecule has 0 saturated carbocycles. The van der Waals surface area contributed by atoms with Crippen molar-refractivity contribution in [3.05, 3.63) is 41.2 Å². The van der Waals surface area contributed by atoms with Crippen LogP contribution in [0.2, 0.25) is 0 Å². The third-order valence-corrected chi connectivity index (χ3v) is 3.82. The summed E-state index contributed by atoms with van der Waals surface area (Å²) < 4.78 is 9.78. The number of nitrogens with zero attached hydrogens (tertiary/aromatic N) is 1. The molecule has 0 saturated heterocycles. The highest BCUT2D eigenvalue weighted by Crippen LogP contribution is 2.21. The standard InChI is InChI=1S/C16H15N3O5S/c17-9-11-5-8-25-16(11)19-13(20)10-24-14(21)4-1-6-18-15(22)12-3-2-7-23-12/h2-3,5,7-8H,1,4,6,10H2,(H,18,22)(H,19,20). The van der Waals surface area contributed by atoms with Gasteiger partial charge in [-0.2, -0.15) is 5.26 Å². The van der Waals surface area contributed by atoms with Gasteiger partial charge in [-0.25, -0.2) is 0 Å². The third-order valence-electron chi connectivity index (χ3n) is 2.99. The predicted octanol–water partition coefficient (Wildman–Crippen LogP) is 1.90. The van der Waals surface area contributed by atoms with Crippen LogP contribution in [0.3, 0.4) is 0 Å². The van der Waals surface area contributed by atoms with Crippen molar-refractivity contribution < 1.29 is 23.5 Å². The second-order valence-corrected chi connectivity index (χ2v) is 5.74. The molecular formula is C16H15N3O5S. The van der Waals surface area contributed by atoms with Gasteiger partial charge in [0.1, 0.15) is 11.1 Å². The Bertz CT molecular complexity index is 776. The van der Waals surface area contributed by atoms with Gasteiger partial charge in [0.05, 0.1) is 11.8 Å². The molecule has 2 aromatic heterocycles. The fraction of sp³-hybridized carbons (Fsp3) is 0.250. The molecule has 25 heavy (non-hydrogen) atoms. The van der Waals surface area contributed by atoms with E-state index < -0.39 is 18.5 Å². The fourth-order valence-electron chi connectivity index (χ4n) is 1.80. The summed E-state index contributed by atoms with van der Waals surface area (Å²) in [5, 5.41) is 16.0. The zero-order valence-corrected chi connectivity index (χ0v) is 13.9. The quantitative estimate of drug-likeness (QED) is 0.547. The van der Waals surface area contributed by atoms with Crippen LogP contribution in [0, 0.1) is 11.3 Å². The molecule has 2 aromatic rings. The number of anilines is 1. The Morgan fingerprint density at radius 3 is 2.88 bits per heavy atom. The third kappa shape index (κ3) is 5.78. The molecule has 0 aliphatic heterocycles. The molecule has 0 unspecified atom stereocenters. The maximum atomic E-state index is 11.7. The number of carbonyl (C=O) groups excluding carboxylic acids is 3. The topological polar surface area (TPSA) is 121 Å². The van der Waals surface area contributed by atoms with Crippen molar-refractivity contribution in [1.82, 2.24) is 5.32 Å². The molecule has 0 fully saturated rings. The van der Waals surface area contributed by atoms with E-state index in [9.17, 15) is 14.4 Å². The monoisotopic (exact) mass is 361 g/mol. The van der Waals surface area contributed by atoms with E-state index in [0.29, 0.717) is 17.0 Å². The average Bonchev–Trinajstić information content (AvgIpc) is 3.28. The Labute approximate surface area is 147 Å². The molecule has 0 bridgehead atoms. The minimum absolute atomic E-state index is 0.0637. The van der Waals surface area contributed by atoms with E-state index in [-0.39, 0.29) is 24.6 Å². The molecule has 2 amide bonds. The Balaban J connectivity index is 1.60. The van der Waals surface area contributed by atoms with Gasteiger partial charge in [0.25, 0.3) is 11.8 Å². The zero-order chi connectivity index (χ0) is 18.1. The van der Waals surface area contributed by atoms with Crippen molar-refractivity contribution in [2.24, 2.45) is 0 Å². The SMILES string of the molecule is N#Cc1ccsc1NC(=O)COC(=O)CCCNC(=O)c1ccco1. The van der Waals surface area contributed by atoms with Gasteiger partial charge in [-0.3, -0.25) is 14.4 Å². The first-order chi connectivity index (χ1) is 12.1. The highest BCUT2D eigenvalue weighted by molar-refractivity contribution is 7.14. The Hall–Kier alpha value is -3.12. The molecule has 0 aliphatic rings. The van der Waals surface area contributed by atoms with Crippen molar-refractivity contribution in [3.63, 3.8) is 0 Å². The number of nitriles is 1. The largest absolute Gasteiger partial charge is 0.459 e. The maximum absolute atomic E-state index is 11.7. The first kappa shape index (κ1) is 18.2. The lowest BCUT2D eigenvalue weighted by Gasteiger charge is -2.06. The smallest absolute Gasteiger partial charge is 0.306 e. The van der Waals surface area contributed by atoms with Crippen LogP contribution in [0.4, 0.5) is 5.00 Å². The molecule has 0 radical (unpaired) electrons. The summed E-state index contributed by atoms with van der Waals surface area (Å²) in [6.45, 7) is -0.151. The van der Waals surface area contributed by atoms with Gasteiger partial charge in [0.2, 0.25) is 0 Å². The van der Waals surface area contributed by atoms with Gasteiger partial charge in [0, 0.05) is 13.0 Å². The molecule has 8 nitrogen and oxygen atoms in total. The van der Waals surface area contributed by atoms with Crippen LogP contribution in [0.5, 0.6) is 0 Å². The van der Waals surface area contributed by atoms with Crippen LogP contribution in [-0.4, -0.2) is 30.9 Å². The van der Waals surface area contributed by atoms with Gasteiger partial charge >= 0.3 is 5.97 Å². The minimum Gasteiger partial charge on any atom is -0.459 e. The van der Waals surface area contributed by atoms with E-state index in [1.807, 2.05) is 6.07 Å². The number of hydrogen-bond acceptors (Lipinski definition) is 7. The number of rotatable bonds is 8. The van der Waals surface area contributed by atoms with Crippen molar-refractivity contribution in [2.75, 3.05) is 18.5 Å². The summed E-state index contributed by atoms with van der Waals surface area (Å²) >= 11 is 1.21. The Kier molecular flexibility index (Phi) is 6.74. The van der Waals surface area contributed by atoms with Gasteiger partial charge < -0.3 is 19.8 Å². The molecule has 2 heterocycles. The molecule has 9 heteroatoms. The fourth-order valence-corrected chi connectivity index (χ4v) is 2.56. The second kappa shape index (κ2) is 9.24. The van der Waals surface area contributed by atoms with Crippen LogP contribution >= 0.6 is 11.3 Å². The van der Waals surface area contributed by atoms with Crippen LogP contribution in [0.15, 0.2) is 34.3 Å². The van der Waals surface area contributed by atoms with E-state index in [1.165, 1.54) is 23.7 Å². The number of carbonyl (C=O) groups is 3. The van der Waals surface area contributed by atoms with Crippen LogP contribution < -0.4 is 10.6 Å². The second-order valence-electron chi connectivity index (χ2n) is 4.82. The minimum atomic E-state index is -0.547. The van der Waals surface area contributed by atoms with Crippen LogP contribution in [0.25, 0.3) is 0 Å². The van der Waals surface area contributed by atoms with Crippen molar-refractivity contribution in [3.8, 4) is 6.07 Å². The number of amides is 2. The van der Waals surface area contributed by atoms with Crippen molar-refractivity contribution in [1.29, 1.82) is 5.26 Å². The van der Waals surface area contributed by atoms with E-state index in [4.69, 9.17) is 14.4 Å². The van der Waals surface area contributed by atoms with E-state index >= 15 is 0 Å². The number of thiophene rings is 1. The molecule has 2 rings (SSSR count). The van der Waals surface area contributed by atoms with E-state index in [0.717, 1.165) is 0 Å². The van der Waals surface area contributed by atoms with Crippen molar-refractivity contribution in [2.45, 2.75) is 12.8 Å². The van der Waals surface area contributed by atoms with Gasteiger partial charge in [-0.05, 0) is 30.0 Å².